The minimum absolute atomic E-state index is 0.142. The molecule has 20 heavy (non-hydrogen) atoms. The number of rotatable bonds is 5. The fraction of sp³-hybridized carbons (Fsp3) is 0.250. The predicted octanol–water partition coefficient (Wildman–Crippen LogP) is 4.91. The maximum absolute atomic E-state index is 12.9. The number of benzene rings is 2. The van der Waals surface area contributed by atoms with Gasteiger partial charge in [-0.3, -0.25) is 0 Å². The van der Waals surface area contributed by atoms with Crippen LogP contribution in [-0.2, 0) is 6.42 Å². The molecule has 4 heteroatoms. The van der Waals surface area contributed by atoms with Gasteiger partial charge in [-0.15, -0.1) is 0 Å². The molecule has 0 spiro atoms. The van der Waals surface area contributed by atoms with E-state index in [9.17, 15) is 4.39 Å². The second-order valence-electron chi connectivity index (χ2n) is 4.68. The number of halogens is 2. The van der Waals surface area contributed by atoms with E-state index in [4.69, 9.17) is 17.3 Å². The van der Waals surface area contributed by atoms with Crippen molar-refractivity contribution in [3.05, 3.63) is 58.9 Å². The minimum atomic E-state index is -0.228. The third-order valence-electron chi connectivity index (χ3n) is 3.08. The summed E-state index contributed by atoms with van der Waals surface area (Å²) in [6.45, 7) is 2.08. The van der Waals surface area contributed by atoms with Crippen molar-refractivity contribution in [2.45, 2.75) is 35.6 Å². The van der Waals surface area contributed by atoms with E-state index in [2.05, 4.69) is 6.92 Å². The molecule has 0 aliphatic heterocycles. The average molecular weight is 310 g/mol. The molecule has 0 aromatic heterocycles. The van der Waals surface area contributed by atoms with Crippen LogP contribution in [0.4, 0.5) is 4.39 Å². The van der Waals surface area contributed by atoms with Crippen molar-refractivity contribution in [2.75, 3.05) is 0 Å². The molecule has 2 N–H and O–H groups in total. The van der Waals surface area contributed by atoms with Crippen LogP contribution < -0.4 is 5.73 Å². The van der Waals surface area contributed by atoms with Crippen LogP contribution in [0, 0.1) is 5.82 Å². The maximum Gasteiger partial charge on any atom is 0.123 e. The second-order valence-corrected chi connectivity index (χ2v) is 6.23. The summed E-state index contributed by atoms with van der Waals surface area (Å²) in [5.74, 6) is -0.228. The van der Waals surface area contributed by atoms with Gasteiger partial charge in [-0.25, -0.2) is 4.39 Å². The van der Waals surface area contributed by atoms with Crippen molar-refractivity contribution >= 4 is 23.4 Å². The molecule has 0 aliphatic rings. The van der Waals surface area contributed by atoms with Crippen LogP contribution >= 0.6 is 23.4 Å². The van der Waals surface area contributed by atoms with Gasteiger partial charge in [0.25, 0.3) is 0 Å². The van der Waals surface area contributed by atoms with Crippen molar-refractivity contribution in [3.63, 3.8) is 0 Å². The highest BCUT2D eigenvalue weighted by atomic mass is 35.5. The first-order valence-corrected chi connectivity index (χ1v) is 7.75. The standard InChI is InChI=1S/C16H17ClFNS/c1-2-14(19)9-11-3-4-12(17)10-16(11)20-15-7-5-13(18)6-8-15/h3-8,10,14H,2,9,19H2,1H3. The van der Waals surface area contributed by atoms with Crippen molar-refractivity contribution < 1.29 is 4.39 Å². The summed E-state index contributed by atoms with van der Waals surface area (Å²) in [6, 6.07) is 12.4. The van der Waals surface area contributed by atoms with Gasteiger partial charge < -0.3 is 5.73 Å². The number of hydrogen-bond acceptors (Lipinski definition) is 2. The Morgan fingerprint density at radius 3 is 2.55 bits per heavy atom. The molecule has 0 bridgehead atoms. The normalized spacial score (nSPS) is 12.4. The first-order valence-electron chi connectivity index (χ1n) is 6.56. The van der Waals surface area contributed by atoms with E-state index in [1.54, 1.807) is 23.9 Å². The van der Waals surface area contributed by atoms with Gasteiger partial charge in [-0.1, -0.05) is 36.4 Å². The monoisotopic (exact) mass is 309 g/mol. The molecule has 2 aromatic rings. The maximum atomic E-state index is 12.9. The molecule has 1 unspecified atom stereocenters. The second kappa shape index (κ2) is 7.11. The van der Waals surface area contributed by atoms with Gasteiger partial charge in [0.2, 0.25) is 0 Å². The Hall–Kier alpha value is -1.03. The molecule has 0 saturated heterocycles. The molecule has 2 aromatic carbocycles. The summed E-state index contributed by atoms with van der Waals surface area (Å²) in [6.07, 6.45) is 1.75. The third-order valence-corrected chi connectivity index (χ3v) is 4.42. The first-order chi connectivity index (χ1) is 9.58. The van der Waals surface area contributed by atoms with E-state index in [1.165, 1.54) is 17.7 Å². The molecule has 0 amide bonds. The lowest BCUT2D eigenvalue weighted by molar-refractivity contribution is 0.626. The van der Waals surface area contributed by atoms with Crippen molar-refractivity contribution in [3.8, 4) is 0 Å². The Kier molecular flexibility index (Phi) is 5.46. The summed E-state index contributed by atoms with van der Waals surface area (Å²) >= 11 is 7.66. The smallest absolute Gasteiger partial charge is 0.123 e. The molecule has 0 heterocycles. The van der Waals surface area contributed by atoms with E-state index < -0.39 is 0 Å². The van der Waals surface area contributed by atoms with Crippen LogP contribution in [0.2, 0.25) is 5.02 Å². The van der Waals surface area contributed by atoms with E-state index in [0.717, 1.165) is 22.6 Å². The number of nitrogens with two attached hydrogens (primary N) is 1. The van der Waals surface area contributed by atoms with Crippen LogP contribution in [0.25, 0.3) is 0 Å². The molecule has 0 saturated carbocycles. The quantitative estimate of drug-likeness (QED) is 0.849. The van der Waals surface area contributed by atoms with Crippen LogP contribution in [0.3, 0.4) is 0 Å². The van der Waals surface area contributed by atoms with Crippen LogP contribution in [0.1, 0.15) is 18.9 Å². The average Bonchev–Trinajstić information content (AvgIpc) is 2.44. The van der Waals surface area contributed by atoms with Gasteiger partial charge in [0, 0.05) is 20.9 Å². The van der Waals surface area contributed by atoms with Gasteiger partial charge in [0.05, 0.1) is 0 Å². The summed E-state index contributed by atoms with van der Waals surface area (Å²) in [4.78, 5) is 2.06. The van der Waals surface area contributed by atoms with E-state index in [-0.39, 0.29) is 11.9 Å². The SMILES string of the molecule is CCC(N)Cc1ccc(Cl)cc1Sc1ccc(F)cc1. The van der Waals surface area contributed by atoms with E-state index in [1.807, 2.05) is 18.2 Å². The highest BCUT2D eigenvalue weighted by Crippen LogP contribution is 2.33. The van der Waals surface area contributed by atoms with Gasteiger partial charge >= 0.3 is 0 Å². The van der Waals surface area contributed by atoms with Gasteiger partial charge in [-0.2, -0.15) is 0 Å². The Morgan fingerprint density at radius 1 is 1.20 bits per heavy atom. The molecule has 1 nitrogen and oxygen atoms in total. The van der Waals surface area contributed by atoms with E-state index in [0.29, 0.717) is 5.02 Å². The lowest BCUT2D eigenvalue weighted by atomic mass is 10.1. The highest BCUT2D eigenvalue weighted by Gasteiger charge is 2.09. The van der Waals surface area contributed by atoms with Crippen molar-refractivity contribution in [2.24, 2.45) is 5.73 Å². The van der Waals surface area contributed by atoms with Crippen molar-refractivity contribution in [1.82, 2.24) is 0 Å². The van der Waals surface area contributed by atoms with Crippen LogP contribution in [0.5, 0.6) is 0 Å². The molecule has 0 aliphatic carbocycles. The third kappa shape index (κ3) is 4.23. The van der Waals surface area contributed by atoms with Gasteiger partial charge in [-0.05, 0) is 54.8 Å². The summed E-state index contributed by atoms with van der Waals surface area (Å²) < 4.78 is 12.9. The summed E-state index contributed by atoms with van der Waals surface area (Å²) in [5.41, 5.74) is 7.21. The zero-order chi connectivity index (χ0) is 14.5. The lowest BCUT2D eigenvalue weighted by Crippen LogP contribution is -2.21. The predicted molar refractivity (Wildman–Crippen MR) is 83.9 cm³/mol. The Labute approximate surface area is 128 Å². The Morgan fingerprint density at radius 2 is 1.90 bits per heavy atom. The topological polar surface area (TPSA) is 26.0 Å². The van der Waals surface area contributed by atoms with Crippen LogP contribution in [-0.4, -0.2) is 6.04 Å². The fourth-order valence-corrected chi connectivity index (χ4v) is 3.08. The molecule has 0 fully saturated rings. The Bertz CT molecular complexity index is 571. The Balaban J connectivity index is 2.24. The van der Waals surface area contributed by atoms with E-state index >= 15 is 0 Å². The largest absolute Gasteiger partial charge is 0.327 e. The molecule has 1 atom stereocenters. The molecule has 106 valence electrons. The zero-order valence-electron chi connectivity index (χ0n) is 11.3. The number of hydrogen-bond donors (Lipinski definition) is 1. The van der Waals surface area contributed by atoms with Gasteiger partial charge in [0.1, 0.15) is 5.82 Å². The first kappa shape index (κ1) is 15.4. The molecule has 2 rings (SSSR count). The van der Waals surface area contributed by atoms with Crippen molar-refractivity contribution in [1.29, 1.82) is 0 Å². The molecular formula is C16H17ClFNS. The lowest BCUT2D eigenvalue weighted by Gasteiger charge is -2.13. The van der Waals surface area contributed by atoms with Gasteiger partial charge in [0.15, 0.2) is 0 Å². The minimum Gasteiger partial charge on any atom is -0.327 e. The van der Waals surface area contributed by atoms with Crippen LogP contribution in [0.15, 0.2) is 52.3 Å². The zero-order valence-corrected chi connectivity index (χ0v) is 12.8. The molecular weight excluding hydrogens is 293 g/mol. The fourth-order valence-electron chi connectivity index (χ4n) is 1.85. The summed E-state index contributed by atoms with van der Waals surface area (Å²) in [5, 5.41) is 0.698. The molecule has 0 radical (unpaired) electrons. The summed E-state index contributed by atoms with van der Waals surface area (Å²) in [7, 11) is 0. The highest BCUT2D eigenvalue weighted by molar-refractivity contribution is 7.99.